The number of nitrogens with one attached hydrogen (secondary N) is 1. The van der Waals surface area contributed by atoms with Gasteiger partial charge in [-0.2, -0.15) is 0 Å². The van der Waals surface area contributed by atoms with E-state index < -0.39 is 0 Å². The molecule has 1 N–H and O–H groups in total. The molecule has 164 valence electrons. The van der Waals surface area contributed by atoms with Crippen LogP contribution in [0.2, 0.25) is 0 Å². The molecule has 1 saturated heterocycles. The zero-order valence-corrected chi connectivity index (χ0v) is 18.8. The molecule has 1 aliphatic rings. The van der Waals surface area contributed by atoms with E-state index in [1.807, 2.05) is 25.2 Å². The molecular formula is C24H31N5O2. The minimum Gasteiger partial charge on any atom is -0.459 e. The Labute approximate surface area is 183 Å². The van der Waals surface area contributed by atoms with E-state index in [-0.39, 0.29) is 11.9 Å². The number of likely N-dealkylation sites (tertiary alicyclic amines) is 1. The Morgan fingerprint density at radius 2 is 2.10 bits per heavy atom. The van der Waals surface area contributed by atoms with Gasteiger partial charge in [0.25, 0.3) is 0 Å². The van der Waals surface area contributed by atoms with Gasteiger partial charge in [0.05, 0.1) is 24.8 Å². The fourth-order valence-electron chi connectivity index (χ4n) is 4.26. The Hall–Kier alpha value is -2.93. The molecule has 4 rings (SSSR count). The van der Waals surface area contributed by atoms with Crippen LogP contribution in [0.4, 0.5) is 5.82 Å². The summed E-state index contributed by atoms with van der Waals surface area (Å²) in [5, 5.41) is 4.32. The minimum atomic E-state index is 0.0193. The SMILES string of the molecule is CNc1cc(CN(C)C(C)=O)nc(C2CCCCN2Cc2oc3ccccc3c2C)n1. The quantitative estimate of drug-likeness (QED) is 0.640. The number of hydrogen-bond acceptors (Lipinski definition) is 6. The summed E-state index contributed by atoms with van der Waals surface area (Å²) in [5.74, 6) is 2.62. The standard InChI is InChI=1S/C24H31N5O2/c1-16-19-9-5-6-11-21(19)31-22(16)15-29-12-8-7-10-20(29)24-26-18(13-23(25-3)27-24)14-28(4)17(2)30/h5-6,9,11,13,20H,7-8,10,12,14-15H2,1-4H3,(H,25,26,27). The van der Waals surface area contributed by atoms with Crippen LogP contribution in [0.15, 0.2) is 34.7 Å². The first kappa shape index (κ1) is 21.3. The van der Waals surface area contributed by atoms with Crippen LogP contribution in [0.1, 0.15) is 55.1 Å². The highest BCUT2D eigenvalue weighted by atomic mass is 16.3. The van der Waals surface area contributed by atoms with Crippen molar-refractivity contribution in [3.05, 3.63) is 53.2 Å². The Kier molecular flexibility index (Phi) is 6.23. The minimum absolute atomic E-state index is 0.0193. The molecule has 7 nitrogen and oxygen atoms in total. The monoisotopic (exact) mass is 421 g/mol. The van der Waals surface area contributed by atoms with Gasteiger partial charge in [0.15, 0.2) is 0 Å². The largest absolute Gasteiger partial charge is 0.459 e. The van der Waals surface area contributed by atoms with Crippen LogP contribution in [0.5, 0.6) is 0 Å². The molecule has 1 fully saturated rings. The third-order valence-electron chi connectivity index (χ3n) is 6.19. The van der Waals surface area contributed by atoms with Gasteiger partial charge in [0.1, 0.15) is 23.0 Å². The van der Waals surface area contributed by atoms with Crippen LogP contribution in [-0.2, 0) is 17.9 Å². The van der Waals surface area contributed by atoms with Crippen molar-refractivity contribution in [2.75, 3.05) is 26.0 Å². The number of furan rings is 1. The molecule has 0 aliphatic carbocycles. The predicted molar refractivity (Wildman–Crippen MR) is 122 cm³/mol. The van der Waals surface area contributed by atoms with E-state index in [1.165, 1.54) is 10.9 Å². The number of nitrogens with zero attached hydrogens (tertiary/aromatic N) is 4. The lowest BCUT2D eigenvalue weighted by molar-refractivity contribution is -0.128. The van der Waals surface area contributed by atoms with E-state index in [4.69, 9.17) is 14.4 Å². The molecular weight excluding hydrogens is 390 g/mol. The summed E-state index contributed by atoms with van der Waals surface area (Å²) in [6, 6.07) is 10.2. The van der Waals surface area contributed by atoms with Gasteiger partial charge in [-0.15, -0.1) is 0 Å². The maximum absolute atomic E-state index is 11.7. The van der Waals surface area contributed by atoms with Crippen molar-refractivity contribution in [1.29, 1.82) is 0 Å². The van der Waals surface area contributed by atoms with Crippen molar-refractivity contribution in [2.45, 2.75) is 52.2 Å². The highest BCUT2D eigenvalue weighted by Crippen LogP contribution is 2.33. The number of hydrogen-bond donors (Lipinski definition) is 1. The Bertz CT molecular complexity index is 1080. The summed E-state index contributed by atoms with van der Waals surface area (Å²) in [7, 11) is 3.65. The lowest BCUT2D eigenvalue weighted by Crippen LogP contribution is -2.34. The fraction of sp³-hybridized carbons (Fsp3) is 0.458. The summed E-state index contributed by atoms with van der Waals surface area (Å²) in [6.07, 6.45) is 3.31. The average molecular weight is 422 g/mol. The first-order valence-electron chi connectivity index (χ1n) is 10.9. The zero-order valence-electron chi connectivity index (χ0n) is 18.8. The Morgan fingerprint density at radius 1 is 1.29 bits per heavy atom. The molecule has 3 heterocycles. The number of aryl methyl sites for hydroxylation is 1. The number of piperidine rings is 1. The number of para-hydroxylation sites is 1. The smallest absolute Gasteiger partial charge is 0.219 e. The molecule has 31 heavy (non-hydrogen) atoms. The molecule has 0 radical (unpaired) electrons. The van der Waals surface area contributed by atoms with Crippen molar-refractivity contribution < 1.29 is 9.21 Å². The molecule has 7 heteroatoms. The molecule has 0 bridgehead atoms. The second kappa shape index (κ2) is 9.06. The maximum atomic E-state index is 11.7. The number of benzene rings is 1. The van der Waals surface area contributed by atoms with E-state index in [1.54, 1.807) is 18.9 Å². The van der Waals surface area contributed by atoms with Gasteiger partial charge in [0, 0.05) is 32.5 Å². The first-order chi connectivity index (χ1) is 15.0. The number of anilines is 1. The van der Waals surface area contributed by atoms with Gasteiger partial charge in [0.2, 0.25) is 5.91 Å². The van der Waals surface area contributed by atoms with E-state index in [0.717, 1.165) is 61.0 Å². The molecule has 1 aliphatic heterocycles. The maximum Gasteiger partial charge on any atom is 0.219 e. The number of amides is 1. The third-order valence-corrected chi connectivity index (χ3v) is 6.19. The molecule has 1 amide bonds. The van der Waals surface area contributed by atoms with Gasteiger partial charge in [-0.25, -0.2) is 9.97 Å². The van der Waals surface area contributed by atoms with Crippen LogP contribution < -0.4 is 5.32 Å². The number of carbonyl (C=O) groups is 1. The van der Waals surface area contributed by atoms with Crippen molar-refractivity contribution in [3.63, 3.8) is 0 Å². The lowest BCUT2D eigenvalue weighted by atomic mass is 10.0. The van der Waals surface area contributed by atoms with Crippen LogP contribution in [0.3, 0.4) is 0 Å². The van der Waals surface area contributed by atoms with Gasteiger partial charge in [-0.3, -0.25) is 9.69 Å². The molecule has 2 aromatic heterocycles. The number of rotatable bonds is 6. The molecule has 3 aromatic rings. The topological polar surface area (TPSA) is 74.5 Å². The predicted octanol–water partition coefficient (Wildman–Crippen LogP) is 4.28. The summed E-state index contributed by atoms with van der Waals surface area (Å²) in [6.45, 7) is 5.89. The van der Waals surface area contributed by atoms with Crippen molar-refractivity contribution in [1.82, 2.24) is 19.8 Å². The molecule has 0 saturated carbocycles. The zero-order chi connectivity index (χ0) is 22.0. The number of fused-ring (bicyclic) bond motifs is 1. The number of aromatic nitrogens is 2. The highest BCUT2D eigenvalue weighted by Gasteiger charge is 2.28. The van der Waals surface area contributed by atoms with Crippen LogP contribution in [0, 0.1) is 6.92 Å². The molecule has 0 spiro atoms. The van der Waals surface area contributed by atoms with E-state index in [0.29, 0.717) is 6.54 Å². The molecule has 1 aromatic carbocycles. The van der Waals surface area contributed by atoms with E-state index in [9.17, 15) is 4.79 Å². The van der Waals surface area contributed by atoms with Crippen LogP contribution in [0.25, 0.3) is 11.0 Å². The van der Waals surface area contributed by atoms with Crippen molar-refractivity contribution in [2.24, 2.45) is 0 Å². The fourth-order valence-corrected chi connectivity index (χ4v) is 4.26. The summed E-state index contributed by atoms with van der Waals surface area (Å²) in [4.78, 5) is 25.5. The Balaban J connectivity index is 1.63. The van der Waals surface area contributed by atoms with Gasteiger partial charge < -0.3 is 14.6 Å². The Morgan fingerprint density at radius 3 is 2.84 bits per heavy atom. The van der Waals surface area contributed by atoms with Crippen molar-refractivity contribution >= 4 is 22.7 Å². The number of carbonyl (C=O) groups excluding carboxylic acids is 1. The van der Waals surface area contributed by atoms with Gasteiger partial charge in [-0.05, 0) is 37.9 Å². The summed E-state index contributed by atoms with van der Waals surface area (Å²) in [5.41, 5.74) is 2.98. The average Bonchev–Trinajstić information content (AvgIpc) is 3.09. The highest BCUT2D eigenvalue weighted by molar-refractivity contribution is 5.81. The molecule has 1 atom stereocenters. The van der Waals surface area contributed by atoms with E-state index in [2.05, 4.69) is 29.3 Å². The lowest BCUT2D eigenvalue weighted by Gasteiger charge is -2.34. The van der Waals surface area contributed by atoms with Gasteiger partial charge in [-0.1, -0.05) is 24.6 Å². The third kappa shape index (κ3) is 4.56. The van der Waals surface area contributed by atoms with Crippen LogP contribution >= 0.6 is 0 Å². The van der Waals surface area contributed by atoms with Crippen molar-refractivity contribution in [3.8, 4) is 0 Å². The molecule has 1 unspecified atom stereocenters. The van der Waals surface area contributed by atoms with Crippen LogP contribution in [-0.4, -0.2) is 46.3 Å². The second-order valence-electron chi connectivity index (χ2n) is 8.36. The van der Waals surface area contributed by atoms with E-state index >= 15 is 0 Å². The first-order valence-corrected chi connectivity index (χ1v) is 10.9. The van der Waals surface area contributed by atoms with Gasteiger partial charge >= 0.3 is 0 Å². The normalized spacial score (nSPS) is 17.1. The summed E-state index contributed by atoms with van der Waals surface area (Å²) < 4.78 is 6.19. The summed E-state index contributed by atoms with van der Waals surface area (Å²) >= 11 is 0. The second-order valence-corrected chi connectivity index (χ2v) is 8.36.